The molecule has 0 saturated carbocycles. The molecule has 0 aliphatic carbocycles. The Labute approximate surface area is 239 Å². The van der Waals surface area contributed by atoms with Crippen LogP contribution in [0.3, 0.4) is 0 Å². The van der Waals surface area contributed by atoms with Gasteiger partial charge in [-0.05, 0) is 37.8 Å². The maximum Gasteiger partial charge on any atom is 0.250 e. The summed E-state index contributed by atoms with van der Waals surface area (Å²) in [6.07, 6.45) is 13.8. The van der Waals surface area contributed by atoms with E-state index in [2.05, 4.69) is 55.4 Å². The Kier molecular flexibility index (Phi) is 15.4. The number of hydrogen-bond donors (Lipinski definition) is 1. The van der Waals surface area contributed by atoms with Gasteiger partial charge in [-0.15, -0.1) is 6.58 Å². The largest absolute Gasteiger partial charge is 0.345 e. The molecule has 2 rings (SSSR count). The van der Waals surface area contributed by atoms with E-state index >= 15 is 0 Å². The molecular formula is C32H50N4O2S. The van der Waals surface area contributed by atoms with Gasteiger partial charge >= 0.3 is 0 Å². The summed E-state index contributed by atoms with van der Waals surface area (Å²) < 4.78 is 19.1. The van der Waals surface area contributed by atoms with Crippen LogP contribution in [0.25, 0.3) is 16.6 Å². The van der Waals surface area contributed by atoms with E-state index in [1.54, 1.807) is 37.4 Å². The van der Waals surface area contributed by atoms with Crippen LogP contribution in [0.4, 0.5) is 0 Å². The molecule has 0 spiro atoms. The molecule has 0 saturated heterocycles. The summed E-state index contributed by atoms with van der Waals surface area (Å²) >= 11 is -1.38. The van der Waals surface area contributed by atoms with Crippen molar-refractivity contribution in [1.29, 1.82) is 0 Å². The first-order chi connectivity index (χ1) is 18.6. The smallest absolute Gasteiger partial charge is 0.250 e. The lowest BCUT2D eigenvalue weighted by molar-refractivity contribution is -0.124. The van der Waals surface area contributed by atoms with Gasteiger partial charge in [-0.1, -0.05) is 76.6 Å². The van der Waals surface area contributed by atoms with Gasteiger partial charge in [0.05, 0.1) is 6.54 Å². The molecule has 0 aliphatic heterocycles. The van der Waals surface area contributed by atoms with Crippen LogP contribution in [0.2, 0.25) is 0 Å². The average Bonchev–Trinajstić information content (AvgIpc) is 3.18. The zero-order valence-electron chi connectivity index (χ0n) is 25.5. The summed E-state index contributed by atoms with van der Waals surface area (Å²) in [7, 11) is 7.07. The normalized spacial score (nSPS) is 12.4. The zero-order valence-corrected chi connectivity index (χ0v) is 26.3. The first-order valence-corrected chi connectivity index (χ1v) is 15.0. The van der Waals surface area contributed by atoms with Crippen molar-refractivity contribution < 1.29 is 9.00 Å². The van der Waals surface area contributed by atoms with Crippen LogP contribution in [0.1, 0.15) is 70.2 Å². The second-order valence-electron chi connectivity index (χ2n) is 9.92. The fourth-order valence-electron chi connectivity index (χ4n) is 4.12. The number of amides is 1. The van der Waals surface area contributed by atoms with Crippen molar-refractivity contribution >= 4 is 33.7 Å². The van der Waals surface area contributed by atoms with Crippen molar-refractivity contribution in [2.75, 3.05) is 28.2 Å². The number of nitrogens with zero attached hydrogens (tertiary/aromatic N) is 3. The van der Waals surface area contributed by atoms with Gasteiger partial charge in [0.2, 0.25) is 0 Å². The van der Waals surface area contributed by atoms with Gasteiger partial charge in [-0.25, -0.2) is 8.51 Å². The Morgan fingerprint density at radius 1 is 1.15 bits per heavy atom. The first-order valence-electron chi connectivity index (χ1n) is 13.9. The van der Waals surface area contributed by atoms with Crippen molar-refractivity contribution in [2.45, 2.75) is 72.8 Å². The maximum absolute atomic E-state index is 13.1. The number of benzene rings is 1. The number of fused-ring (bicyclic) bond motifs is 1. The van der Waals surface area contributed by atoms with Gasteiger partial charge in [-0.2, -0.15) is 0 Å². The third kappa shape index (κ3) is 9.97. The Morgan fingerprint density at radius 3 is 2.36 bits per heavy atom. The molecule has 1 amide bonds. The minimum absolute atomic E-state index is 0.00428. The molecular weight excluding hydrogens is 504 g/mol. The third-order valence-electron chi connectivity index (χ3n) is 6.04. The summed E-state index contributed by atoms with van der Waals surface area (Å²) in [5, 5.41) is 1.18. The SMILES string of the molecule is C=CCc1c(CCCC)c2ccc(C(=C)NS(=O)N(C)C)cc2n1C/C(=C\C/C=C\C)C(=O)N(C)C.CCC. The van der Waals surface area contributed by atoms with Gasteiger partial charge in [0, 0.05) is 68.0 Å². The lowest BCUT2D eigenvalue weighted by atomic mass is 10.0. The van der Waals surface area contributed by atoms with Crippen molar-refractivity contribution in [3.05, 3.63) is 78.1 Å². The molecule has 216 valence electrons. The van der Waals surface area contributed by atoms with E-state index in [-0.39, 0.29) is 5.91 Å². The molecule has 7 heteroatoms. The van der Waals surface area contributed by atoms with Crippen LogP contribution in [0, 0.1) is 0 Å². The highest BCUT2D eigenvalue weighted by molar-refractivity contribution is 7.80. The van der Waals surface area contributed by atoms with E-state index in [1.165, 1.54) is 23.1 Å². The summed E-state index contributed by atoms with van der Waals surface area (Å²) in [4.78, 5) is 14.8. The molecule has 0 aliphatic rings. The Bertz CT molecular complexity index is 1190. The second kappa shape index (κ2) is 17.6. The molecule has 1 N–H and O–H groups in total. The van der Waals surface area contributed by atoms with Crippen LogP contribution in [0.5, 0.6) is 0 Å². The number of carbonyl (C=O) groups excluding carboxylic acids is 1. The topological polar surface area (TPSA) is 57.6 Å². The molecule has 0 bridgehead atoms. The highest BCUT2D eigenvalue weighted by atomic mass is 32.2. The maximum atomic E-state index is 13.1. The number of unbranched alkanes of at least 4 members (excludes halogenated alkanes) is 1. The summed E-state index contributed by atoms with van der Waals surface area (Å²) in [6.45, 7) is 17.0. The van der Waals surface area contributed by atoms with Gasteiger partial charge in [0.1, 0.15) is 0 Å². The Morgan fingerprint density at radius 2 is 1.82 bits per heavy atom. The monoisotopic (exact) mass is 554 g/mol. The molecule has 1 atom stereocenters. The summed E-state index contributed by atoms with van der Waals surface area (Å²) in [5.41, 5.74) is 5.73. The number of aromatic nitrogens is 1. The molecule has 1 unspecified atom stereocenters. The molecule has 39 heavy (non-hydrogen) atoms. The van der Waals surface area contributed by atoms with E-state index in [0.29, 0.717) is 25.1 Å². The molecule has 0 radical (unpaired) electrons. The quantitative estimate of drug-likeness (QED) is 0.206. The van der Waals surface area contributed by atoms with E-state index in [4.69, 9.17) is 0 Å². The Balaban J connectivity index is 0.00000242. The van der Waals surface area contributed by atoms with Crippen molar-refractivity contribution in [3.63, 3.8) is 0 Å². The van der Waals surface area contributed by atoms with Crippen molar-refractivity contribution in [3.8, 4) is 0 Å². The van der Waals surface area contributed by atoms with Gasteiger partial charge < -0.3 is 9.47 Å². The fourth-order valence-corrected chi connectivity index (χ4v) is 4.64. The van der Waals surface area contributed by atoms with Crippen LogP contribution in [0.15, 0.2) is 61.2 Å². The number of aryl methyl sites for hydroxylation is 1. The lowest BCUT2D eigenvalue weighted by Crippen LogP contribution is -2.27. The summed E-state index contributed by atoms with van der Waals surface area (Å²) in [5.74, 6) is 0.00428. The van der Waals surface area contributed by atoms with E-state index in [0.717, 1.165) is 35.9 Å². The zero-order chi connectivity index (χ0) is 29.5. The van der Waals surface area contributed by atoms with Gasteiger partial charge in [0.25, 0.3) is 5.91 Å². The highest BCUT2D eigenvalue weighted by Crippen LogP contribution is 2.32. The Hall–Kier alpha value is -2.90. The molecule has 1 heterocycles. The van der Waals surface area contributed by atoms with Crippen molar-refractivity contribution in [2.24, 2.45) is 0 Å². The van der Waals surface area contributed by atoms with Gasteiger partial charge in [0.15, 0.2) is 11.2 Å². The number of rotatable bonds is 14. The third-order valence-corrected chi connectivity index (χ3v) is 7.13. The van der Waals surface area contributed by atoms with Crippen LogP contribution < -0.4 is 4.72 Å². The number of nitrogens with one attached hydrogen (secondary N) is 1. The van der Waals surface area contributed by atoms with E-state index < -0.39 is 11.2 Å². The molecule has 1 aromatic carbocycles. The first kappa shape index (κ1) is 34.1. The fraction of sp³-hybridized carbons (Fsp3) is 0.469. The number of hydrogen-bond acceptors (Lipinski definition) is 2. The molecule has 0 fully saturated rings. The lowest BCUT2D eigenvalue weighted by Gasteiger charge is -2.18. The number of carbonyl (C=O) groups is 1. The molecule has 2 aromatic rings. The molecule has 6 nitrogen and oxygen atoms in total. The average molecular weight is 555 g/mol. The highest BCUT2D eigenvalue weighted by Gasteiger charge is 2.21. The minimum Gasteiger partial charge on any atom is -0.345 e. The number of allylic oxidation sites excluding steroid dienone is 4. The minimum atomic E-state index is -1.38. The second-order valence-corrected chi connectivity index (χ2v) is 11.4. The van der Waals surface area contributed by atoms with Crippen LogP contribution in [-0.2, 0) is 35.4 Å². The predicted molar refractivity (Wildman–Crippen MR) is 171 cm³/mol. The predicted octanol–water partition coefficient (Wildman–Crippen LogP) is 6.81. The standard InChI is InChI=1S/C29H42N4O2S.C3H8/c1-9-12-14-16-24(29(34)31(5)6)21-33-27(15-11-3)25(17-13-10-2)26-19-18-23(20-28(26)33)22(4)30-36(35)32(7)8;1-3-2/h9,11-12,16,18-20,30H,3-4,10,13-15,17,21H2,1-2,5-8H3;3H2,1-2H3/b12-9-,24-16+;. The van der Waals surface area contributed by atoms with Gasteiger partial charge in [-0.3, -0.25) is 9.52 Å². The van der Waals surface area contributed by atoms with Crippen molar-refractivity contribution in [1.82, 2.24) is 18.5 Å². The summed E-state index contributed by atoms with van der Waals surface area (Å²) in [6, 6.07) is 6.24. The van der Waals surface area contributed by atoms with Crippen LogP contribution in [-0.4, -0.2) is 52.1 Å². The van der Waals surface area contributed by atoms with E-state index in [1.807, 2.05) is 37.3 Å². The van der Waals surface area contributed by atoms with E-state index in [9.17, 15) is 9.00 Å². The number of likely N-dealkylation sites (N-methyl/N-ethyl adjacent to an activating group) is 1. The molecule has 1 aromatic heterocycles. The van der Waals surface area contributed by atoms with Crippen LogP contribution >= 0.6 is 0 Å².